The average Bonchev–Trinajstić information content (AvgIpc) is 2.93. The van der Waals surface area contributed by atoms with E-state index in [0.29, 0.717) is 23.7 Å². The number of aryl methyl sites for hydroxylation is 1. The van der Waals surface area contributed by atoms with Crippen LogP contribution < -0.4 is 20.3 Å². The van der Waals surface area contributed by atoms with Crippen LogP contribution in [0.1, 0.15) is 11.1 Å². The fraction of sp³-hybridized carbons (Fsp3) is 0.161. The lowest BCUT2D eigenvalue weighted by Crippen LogP contribution is -2.41. The van der Waals surface area contributed by atoms with Gasteiger partial charge in [-0.1, -0.05) is 60.7 Å². The summed E-state index contributed by atoms with van der Waals surface area (Å²) in [6.07, 6.45) is 0. The van der Waals surface area contributed by atoms with E-state index in [0.717, 1.165) is 16.9 Å². The van der Waals surface area contributed by atoms with Crippen LogP contribution in [0, 0.1) is 6.92 Å². The Morgan fingerprint density at radius 1 is 0.789 bits per heavy atom. The summed E-state index contributed by atoms with van der Waals surface area (Å²) in [5.74, 6) is 1.14. The molecule has 0 spiro atoms. The maximum atomic E-state index is 13.3. The molecular weight excluding hydrogens is 478 g/mol. The molecule has 2 N–H and O–H groups in total. The molecule has 0 aromatic heterocycles. The van der Waals surface area contributed by atoms with Crippen molar-refractivity contribution in [1.82, 2.24) is 5.32 Å². The smallest absolute Gasteiger partial charge is 0.326 e. The first-order valence-electron chi connectivity index (χ1n) is 12.4. The second kappa shape index (κ2) is 13.6. The van der Waals surface area contributed by atoms with E-state index in [2.05, 4.69) is 10.6 Å². The van der Waals surface area contributed by atoms with E-state index in [1.54, 1.807) is 4.90 Å². The third-order valence-corrected chi connectivity index (χ3v) is 5.64. The van der Waals surface area contributed by atoms with Gasteiger partial charge < -0.3 is 20.1 Å². The number of ether oxygens (including phenoxy) is 2. The van der Waals surface area contributed by atoms with Crippen molar-refractivity contribution in [2.24, 2.45) is 0 Å². The Balaban J connectivity index is 1.37. The predicted molar refractivity (Wildman–Crippen MR) is 150 cm³/mol. The first-order chi connectivity index (χ1) is 18.6. The zero-order valence-electron chi connectivity index (χ0n) is 21.3. The Morgan fingerprint density at radius 2 is 1.47 bits per heavy atom. The first-order valence-corrected chi connectivity index (χ1v) is 12.4. The summed E-state index contributed by atoms with van der Waals surface area (Å²) >= 11 is 0. The highest BCUT2D eigenvalue weighted by Crippen LogP contribution is 2.25. The summed E-state index contributed by atoms with van der Waals surface area (Å²) in [6, 6.07) is 33.7. The summed E-state index contributed by atoms with van der Waals surface area (Å²) in [6.45, 7) is 2.79. The van der Waals surface area contributed by atoms with Crippen LogP contribution in [0.4, 0.5) is 16.2 Å². The van der Waals surface area contributed by atoms with E-state index in [1.165, 1.54) is 0 Å². The Kier molecular flexibility index (Phi) is 9.48. The Bertz CT molecular complexity index is 1310. The fourth-order valence-corrected chi connectivity index (χ4v) is 3.77. The molecule has 0 aliphatic carbocycles. The number of nitrogens with one attached hydrogen (secondary N) is 2. The second-order valence-corrected chi connectivity index (χ2v) is 8.69. The van der Waals surface area contributed by atoms with E-state index >= 15 is 0 Å². The maximum Gasteiger partial charge on any atom is 0.326 e. The first kappa shape index (κ1) is 26.4. The molecule has 0 bridgehead atoms. The minimum Gasteiger partial charge on any atom is -0.457 e. The zero-order chi connectivity index (χ0) is 26.6. The van der Waals surface area contributed by atoms with Crippen LogP contribution in [0.25, 0.3) is 0 Å². The van der Waals surface area contributed by atoms with Crippen LogP contribution in [0.2, 0.25) is 0 Å². The van der Waals surface area contributed by atoms with Gasteiger partial charge in [0.1, 0.15) is 18.1 Å². The van der Waals surface area contributed by atoms with Gasteiger partial charge in [-0.05, 0) is 66.6 Å². The average molecular weight is 510 g/mol. The molecular formula is C31H31N3O4. The van der Waals surface area contributed by atoms with Gasteiger partial charge in [-0.15, -0.1) is 0 Å². The van der Waals surface area contributed by atoms with E-state index in [9.17, 15) is 9.59 Å². The van der Waals surface area contributed by atoms with Gasteiger partial charge in [-0.25, -0.2) is 4.79 Å². The monoisotopic (exact) mass is 509 g/mol. The number of urea groups is 1. The molecule has 7 nitrogen and oxygen atoms in total. The minimum atomic E-state index is -0.304. The largest absolute Gasteiger partial charge is 0.457 e. The van der Waals surface area contributed by atoms with Crippen molar-refractivity contribution in [3.8, 4) is 11.5 Å². The lowest BCUT2D eigenvalue weighted by atomic mass is 10.2. The van der Waals surface area contributed by atoms with Crippen LogP contribution in [-0.2, 0) is 16.1 Å². The molecule has 0 radical (unpaired) electrons. The van der Waals surface area contributed by atoms with E-state index in [4.69, 9.17) is 9.47 Å². The number of carbonyl (C=O) groups is 2. The summed E-state index contributed by atoms with van der Waals surface area (Å²) in [7, 11) is 0. The van der Waals surface area contributed by atoms with Gasteiger partial charge in [0.05, 0.1) is 6.61 Å². The zero-order valence-corrected chi connectivity index (χ0v) is 21.3. The Labute approximate surface area is 223 Å². The van der Waals surface area contributed by atoms with Crippen molar-refractivity contribution >= 4 is 23.3 Å². The van der Waals surface area contributed by atoms with Crippen molar-refractivity contribution in [3.05, 3.63) is 120 Å². The second-order valence-electron chi connectivity index (χ2n) is 8.69. The van der Waals surface area contributed by atoms with Crippen LogP contribution in [0.3, 0.4) is 0 Å². The van der Waals surface area contributed by atoms with E-state index in [-0.39, 0.29) is 31.6 Å². The number of para-hydroxylation sites is 1. The molecule has 38 heavy (non-hydrogen) atoms. The highest BCUT2D eigenvalue weighted by Gasteiger charge is 2.17. The minimum absolute atomic E-state index is 0.0596. The summed E-state index contributed by atoms with van der Waals surface area (Å²) < 4.78 is 11.4. The number of hydrogen-bond donors (Lipinski definition) is 2. The van der Waals surface area contributed by atoms with Gasteiger partial charge in [0, 0.05) is 24.5 Å². The van der Waals surface area contributed by atoms with Crippen molar-refractivity contribution in [2.75, 3.05) is 29.9 Å². The molecule has 0 fully saturated rings. The standard InChI is InChI=1S/C31H31N3O4/c1-24-9-8-12-26(21-24)33-31(36)34(20-19-32-30(35)23-37-22-25-10-4-2-5-11-25)27-15-17-29(18-16-27)38-28-13-6-3-7-14-28/h2-18,21H,19-20,22-23H2,1H3,(H,32,35)(H,33,36). The molecule has 0 saturated carbocycles. The maximum absolute atomic E-state index is 13.3. The molecule has 0 unspecified atom stereocenters. The topological polar surface area (TPSA) is 79.9 Å². The molecule has 0 heterocycles. The number of hydrogen-bond acceptors (Lipinski definition) is 4. The highest BCUT2D eigenvalue weighted by molar-refractivity contribution is 6.01. The van der Waals surface area contributed by atoms with Crippen molar-refractivity contribution in [1.29, 1.82) is 0 Å². The number of nitrogens with zero attached hydrogens (tertiary/aromatic N) is 1. The molecule has 4 rings (SSSR count). The Morgan fingerprint density at radius 3 is 2.18 bits per heavy atom. The fourth-order valence-electron chi connectivity index (χ4n) is 3.77. The molecule has 0 aliphatic rings. The Hall–Kier alpha value is -4.62. The summed E-state index contributed by atoms with van der Waals surface area (Å²) in [5, 5.41) is 5.78. The molecule has 3 amide bonds. The van der Waals surface area contributed by atoms with Gasteiger partial charge in [-0.3, -0.25) is 9.69 Å². The van der Waals surface area contributed by atoms with E-state index < -0.39 is 0 Å². The lowest BCUT2D eigenvalue weighted by molar-refractivity contribution is -0.126. The van der Waals surface area contributed by atoms with E-state index in [1.807, 2.05) is 116 Å². The van der Waals surface area contributed by atoms with Crippen LogP contribution in [-0.4, -0.2) is 31.6 Å². The van der Waals surface area contributed by atoms with Gasteiger partial charge in [-0.2, -0.15) is 0 Å². The molecule has 7 heteroatoms. The highest BCUT2D eigenvalue weighted by atomic mass is 16.5. The molecule has 0 saturated heterocycles. The molecule has 4 aromatic rings. The molecule has 0 atom stereocenters. The van der Waals surface area contributed by atoms with Crippen LogP contribution in [0.5, 0.6) is 11.5 Å². The van der Waals surface area contributed by atoms with Crippen molar-refractivity contribution in [2.45, 2.75) is 13.5 Å². The quantitative estimate of drug-likeness (QED) is 0.254. The van der Waals surface area contributed by atoms with Gasteiger partial charge >= 0.3 is 6.03 Å². The van der Waals surface area contributed by atoms with Crippen LogP contribution in [0.15, 0.2) is 109 Å². The SMILES string of the molecule is Cc1cccc(NC(=O)N(CCNC(=O)COCc2ccccc2)c2ccc(Oc3ccccc3)cc2)c1. The number of amides is 3. The number of benzene rings is 4. The summed E-state index contributed by atoms with van der Waals surface area (Å²) in [4.78, 5) is 27.1. The molecule has 0 aliphatic heterocycles. The van der Waals surface area contributed by atoms with Crippen LogP contribution >= 0.6 is 0 Å². The third-order valence-electron chi connectivity index (χ3n) is 5.64. The number of rotatable bonds is 11. The van der Waals surface area contributed by atoms with Gasteiger partial charge in [0.15, 0.2) is 0 Å². The normalized spacial score (nSPS) is 10.4. The molecule has 194 valence electrons. The third kappa shape index (κ3) is 8.21. The lowest BCUT2D eigenvalue weighted by Gasteiger charge is -2.24. The predicted octanol–water partition coefficient (Wildman–Crippen LogP) is 6.16. The summed E-state index contributed by atoms with van der Waals surface area (Å²) in [5.41, 5.74) is 3.41. The van der Waals surface area contributed by atoms with Crippen molar-refractivity contribution in [3.63, 3.8) is 0 Å². The number of carbonyl (C=O) groups excluding carboxylic acids is 2. The molecule has 4 aromatic carbocycles. The van der Waals surface area contributed by atoms with Gasteiger partial charge in [0.2, 0.25) is 5.91 Å². The van der Waals surface area contributed by atoms with Crippen molar-refractivity contribution < 1.29 is 19.1 Å². The number of anilines is 2. The van der Waals surface area contributed by atoms with Gasteiger partial charge in [0.25, 0.3) is 0 Å².